The third-order valence-electron chi connectivity index (χ3n) is 5.29. The van der Waals surface area contributed by atoms with Gasteiger partial charge in [0.05, 0.1) is 6.61 Å². The molecule has 0 aromatic heterocycles. The number of hydrogen-bond acceptors (Lipinski definition) is 4. The van der Waals surface area contributed by atoms with Crippen LogP contribution in [0.15, 0.2) is 4.99 Å². The Bertz CT molecular complexity index is 401. The highest BCUT2D eigenvalue weighted by Crippen LogP contribution is 2.31. The van der Waals surface area contributed by atoms with E-state index in [1.54, 1.807) is 0 Å². The summed E-state index contributed by atoms with van der Waals surface area (Å²) in [6.07, 6.45) is 4.34. The summed E-state index contributed by atoms with van der Waals surface area (Å²) in [4.78, 5) is 6.96. The maximum absolute atomic E-state index is 9.33. The first-order valence-corrected chi connectivity index (χ1v) is 9.46. The lowest BCUT2D eigenvalue weighted by Crippen LogP contribution is -2.48. The van der Waals surface area contributed by atoms with Crippen LogP contribution in [0.3, 0.4) is 0 Å². The number of hydrogen-bond donors (Lipinski definition) is 3. The van der Waals surface area contributed by atoms with Crippen molar-refractivity contribution in [1.29, 1.82) is 0 Å². The molecule has 6 nitrogen and oxygen atoms in total. The summed E-state index contributed by atoms with van der Waals surface area (Å²) in [5.41, 5.74) is 0.0450. The molecule has 0 aliphatic carbocycles. The first-order valence-electron chi connectivity index (χ1n) is 9.46. The van der Waals surface area contributed by atoms with Crippen LogP contribution in [0.5, 0.6) is 0 Å². The van der Waals surface area contributed by atoms with Crippen LogP contribution in [0.1, 0.15) is 39.5 Å². The molecule has 0 aromatic rings. The van der Waals surface area contributed by atoms with E-state index in [0.29, 0.717) is 12.0 Å². The minimum absolute atomic E-state index is 0. The third kappa shape index (κ3) is 7.19. The van der Waals surface area contributed by atoms with E-state index in [1.165, 1.54) is 25.9 Å². The molecule has 2 heterocycles. The van der Waals surface area contributed by atoms with Gasteiger partial charge in [-0.25, -0.2) is 0 Å². The Morgan fingerprint density at radius 1 is 1.40 bits per heavy atom. The van der Waals surface area contributed by atoms with Gasteiger partial charge < -0.3 is 20.5 Å². The fraction of sp³-hybridized carbons (Fsp3) is 0.944. The van der Waals surface area contributed by atoms with Gasteiger partial charge in [-0.1, -0.05) is 13.8 Å². The van der Waals surface area contributed by atoms with E-state index in [2.05, 4.69) is 34.4 Å². The zero-order valence-electron chi connectivity index (χ0n) is 16.1. The number of likely N-dealkylation sites (tertiary alicyclic amines) is 1. The van der Waals surface area contributed by atoms with Gasteiger partial charge >= 0.3 is 0 Å². The van der Waals surface area contributed by atoms with Crippen LogP contribution in [0.4, 0.5) is 0 Å². The summed E-state index contributed by atoms with van der Waals surface area (Å²) in [6.45, 7) is 10.4. The van der Waals surface area contributed by atoms with Crippen LogP contribution < -0.4 is 10.6 Å². The maximum Gasteiger partial charge on any atom is 0.191 e. The number of aliphatic hydroxyl groups is 1. The van der Waals surface area contributed by atoms with Crippen molar-refractivity contribution in [2.45, 2.75) is 45.6 Å². The van der Waals surface area contributed by atoms with Crippen LogP contribution in [0, 0.1) is 11.3 Å². The maximum atomic E-state index is 9.33. The van der Waals surface area contributed by atoms with E-state index in [-0.39, 0.29) is 36.0 Å². The molecule has 2 atom stereocenters. The molecule has 2 fully saturated rings. The second kappa shape index (κ2) is 11.6. The van der Waals surface area contributed by atoms with Gasteiger partial charge in [0.2, 0.25) is 0 Å². The number of aliphatic hydroxyl groups excluding tert-OH is 1. The predicted octanol–water partition coefficient (Wildman–Crippen LogP) is 1.68. The van der Waals surface area contributed by atoms with Crippen molar-refractivity contribution in [3.05, 3.63) is 0 Å². The van der Waals surface area contributed by atoms with Crippen LogP contribution in [0.2, 0.25) is 0 Å². The number of halogens is 1. The van der Waals surface area contributed by atoms with E-state index in [4.69, 9.17) is 4.74 Å². The zero-order chi connectivity index (χ0) is 17.4. The number of rotatable bonds is 8. The zero-order valence-corrected chi connectivity index (χ0v) is 18.4. The van der Waals surface area contributed by atoms with Gasteiger partial charge in [-0.3, -0.25) is 9.89 Å². The summed E-state index contributed by atoms with van der Waals surface area (Å²) < 4.78 is 5.55. The van der Waals surface area contributed by atoms with E-state index < -0.39 is 0 Å². The van der Waals surface area contributed by atoms with Gasteiger partial charge in [-0.2, -0.15) is 0 Å². The van der Waals surface area contributed by atoms with Crippen molar-refractivity contribution < 1.29 is 9.84 Å². The number of aliphatic imine (C=N–C) groups is 1. The first-order chi connectivity index (χ1) is 11.6. The molecule has 3 N–H and O–H groups in total. The largest absolute Gasteiger partial charge is 0.396 e. The molecule has 25 heavy (non-hydrogen) atoms. The molecule has 2 aliphatic rings. The van der Waals surface area contributed by atoms with E-state index in [9.17, 15) is 5.11 Å². The Hall–Kier alpha value is -0.120. The van der Waals surface area contributed by atoms with Crippen LogP contribution in [-0.2, 0) is 4.74 Å². The van der Waals surface area contributed by atoms with Gasteiger partial charge in [0, 0.05) is 51.4 Å². The van der Waals surface area contributed by atoms with Crippen molar-refractivity contribution in [2.75, 3.05) is 53.0 Å². The summed E-state index contributed by atoms with van der Waals surface area (Å²) in [5.74, 6) is 1.57. The first kappa shape index (κ1) is 22.9. The Morgan fingerprint density at radius 2 is 2.20 bits per heavy atom. The Labute approximate surface area is 170 Å². The second-order valence-electron chi connectivity index (χ2n) is 7.77. The fourth-order valence-corrected chi connectivity index (χ4v) is 3.85. The smallest absolute Gasteiger partial charge is 0.191 e. The summed E-state index contributed by atoms with van der Waals surface area (Å²) in [5, 5.41) is 16.3. The van der Waals surface area contributed by atoms with Gasteiger partial charge in [-0.05, 0) is 38.1 Å². The van der Waals surface area contributed by atoms with Crippen molar-refractivity contribution in [1.82, 2.24) is 15.5 Å². The summed E-state index contributed by atoms with van der Waals surface area (Å²) >= 11 is 0. The molecule has 0 saturated carbocycles. The molecular formula is C18H37IN4O2. The lowest BCUT2D eigenvalue weighted by atomic mass is 9.84. The minimum Gasteiger partial charge on any atom is -0.396 e. The topological polar surface area (TPSA) is 69.1 Å². The average Bonchev–Trinajstić information content (AvgIpc) is 3.18. The average molecular weight is 468 g/mol. The van der Waals surface area contributed by atoms with Crippen molar-refractivity contribution >= 4 is 29.9 Å². The Morgan fingerprint density at radius 3 is 2.80 bits per heavy atom. The van der Waals surface area contributed by atoms with E-state index >= 15 is 0 Å². The van der Waals surface area contributed by atoms with Crippen molar-refractivity contribution in [3.63, 3.8) is 0 Å². The standard InChI is InChI=1S/C18H36N4O2.HI/c1-15(2)12-22-8-4-5-16(22)11-20-17(19-3)21-13-18(6-9-23)7-10-24-14-18;/h15-16,23H,4-14H2,1-3H3,(H2,19,20,21);1H/t16-,18?;/m1./s1. The molecule has 148 valence electrons. The quantitative estimate of drug-likeness (QED) is 0.287. The van der Waals surface area contributed by atoms with E-state index in [0.717, 1.165) is 45.1 Å². The number of guanidine groups is 1. The van der Waals surface area contributed by atoms with Crippen molar-refractivity contribution in [2.24, 2.45) is 16.3 Å². The van der Waals surface area contributed by atoms with Crippen LogP contribution in [-0.4, -0.2) is 75.1 Å². The Kier molecular flexibility index (Phi) is 10.6. The van der Waals surface area contributed by atoms with E-state index in [1.807, 2.05) is 7.05 Å². The molecule has 1 unspecified atom stereocenters. The molecule has 2 saturated heterocycles. The molecule has 7 heteroatoms. The highest BCUT2D eigenvalue weighted by molar-refractivity contribution is 14.0. The lowest BCUT2D eigenvalue weighted by molar-refractivity contribution is 0.127. The highest BCUT2D eigenvalue weighted by atomic mass is 127. The second-order valence-corrected chi connectivity index (χ2v) is 7.77. The SMILES string of the molecule is CN=C(NC[C@H]1CCCN1CC(C)C)NCC1(CCO)CCOC1.I. The lowest BCUT2D eigenvalue weighted by Gasteiger charge is -2.29. The van der Waals surface area contributed by atoms with Gasteiger partial charge in [0.25, 0.3) is 0 Å². The summed E-state index contributed by atoms with van der Waals surface area (Å²) in [6, 6.07) is 0.604. The molecule has 0 bridgehead atoms. The third-order valence-corrected chi connectivity index (χ3v) is 5.29. The highest BCUT2D eigenvalue weighted by Gasteiger charge is 2.34. The molecule has 2 aliphatic heterocycles. The monoisotopic (exact) mass is 468 g/mol. The number of ether oxygens (including phenoxy) is 1. The van der Waals surface area contributed by atoms with Gasteiger partial charge in [0.1, 0.15) is 0 Å². The summed E-state index contributed by atoms with van der Waals surface area (Å²) in [7, 11) is 1.82. The fourth-order valence-electron chi connectivity index (χ4n) is 3.85. The normalized spacial score (nSPS) is 27.6. The van der Waals surface area contributed by atoms with Crippen LogP contribution in [0.25, 0.3) is 0 Å². The molecule has 0 radical (unpaired) electrons. The van der Waals surface area contributed by atoms with Gasteiger partial charge in [0.15, 0.2) is 5.96 Å². The van der Waals surface area contributed by atoms with Gasteiger partial charge in [-0.15, -0.1) is 24.0 Å². The van der Waals surface area contributed by atoms with Crippen molar-refractivity contribution in [3.8, 4) is 0 Å². The molecular weight excluding hydrogens is 431 g/mol. The minimum atomic E-state index is 0. The molecule has 0 spiro atoms. The molecule has 0 aromatic carbocycles. The molecule has 0 amide bonds. The van der Waals surface area contributed by atoms with Crippen LogP contribution >= 0.6 is 24.0 Å². The Balaban J connectivity index is 0.00000312. The molecule has 2 rings (SSSR count). The predicted molar refractivity (Wildman–Crippen MR) is 114 cm³/mol. The number of nitrogens with one attached hydrogen (secondary N) is 2. The number of nitrogens with zero attached hydrogens (tertiary/aromatic N) is 2.